The van der Waals surface area contributed by atoms with Crippen LogP contribution in [0.3, 0.4) is 0 Å². The van der Waals surface area contributed by atoms with Crippen LogP contribution in [0, 0.1) is 5.92 Å². The van der Waals surface area contributed by atoms with E-state index in [1.165, 1.54) is 28.5 Å². The first kappa shape index (κ1) is 19.1. The maximum Gasteiger partial charge on any atom is 0.332 e. The lowest BCUT2D eigenvalue weighted by Gasteiger charge is -2.15. The van der Waals surface area contributed by atoms with Gasteiger partial charge in [-0.15, -0.1) is 11.3 Å². The molecule has 0 unspecified atom stereocenters. The molecule has 0 saturated heterocycles. The van der Waals surface area contributed by atoms with Gasteiger partial charge in [0, 0.05) is 24.5 Å². The number of anilines is 1. The highest BCUT2D eigenvalue weighted by molar-refractivity contribution is 7.13. The van der Waals surface area contributed by atoms with Gasteiger partial charge in [-0.1, -0.05) is 45.0 Å². The molecule has 3 rings (SSSR count). The summed E-state index contributed by atoms with van der Waals surface area (Å²) >= 11 is 1.46. The molecule has 0 atom stereocenters. The minimum absolute atomic E-state index is 0.176. The number of nitrogen functional groups attached to an aromatic ring is 1. The first-order valence-corrected chi connectivity index (χ1v) is 9.86. The van der Waals surface area contributed by atoms with Gasteiger partial charge in [-0.25, -0.2) is 9.78 Å². The highest BCUT2D eigenvalue weighted by Crippen LogP contribution is 2.29. The molecule has 3 aromatic rings. The molecule has 0 aliphatic carbocycles. The molecule has 142 valence electrons. The zero-order chi connectivity index (χ0) is 19.7. The quantitative estimate of drug-likeness (QED) is 0.732. The molecule has 0 fully saturated rings. The fraction of sp³-hybridized carbons (Fsp3) is 0.350. The Labute approximate surface area is 161 Å². The molecule has 0 spiro atoms. The van der Waals surface area contributed by atoms with Crippen molar-refractivity contribution in [3.8, 4) is 21.8 Å². The first-order chi connectivity index (χ1) is 12.8. The Morgan fingerprint density at radius 3 is 2.44 bits per heavy atom. The molecule has 0 radical (unpaired) electrons. The predicted molar refractivity (Wildman–Crippen MR) is 111 cm³/mol. The van der Waals surface area contributed by atoms with Gasteiger partial charge in [0.2, 0.25) is 0 Å². The maximum atomic E-state index is 12.7. The molecular weight excluding hydrogens is 360 g/mol. The van der Waals surface area contributed by atoms with Crippen LogP contribution in [0.5, 0.6) is 0 Å². The van der Waals surface area contributed by atoms with Crippen LogP contribution in [0.1, 0.15) is 26.3 Å². The van der Waals surface area contributed by atoms with Crippen molar-refractivity contribution in [3.63, 3.8) is 0 Å². The zero-order valence-corrected chi connectivity index (χ0v) is 16.8. The van der Waals surface area contributed by atoms with Crippen LogP contribution in [0.4, 0.5) is 5.82 Å². The molecule has 2 aromatic heterocycles. The van der Waals surface area contributed by atoms with Crippen LogP contribution in [0.15, 0.2) is 39.2 Å². The molecule has 0 amide bonds. The van der Waals surface area contributed by atoms with Crippen molar-refractivity contribution >= 4 is 17.2 Å². The lowest BCUT2D eigenvalue weighted by Crippen LogP contribution is -2.41. The van der Waals surface area contributed by atoms with Crippen LogP contribution in [-0.2, 0) is 20.0 Å². The minimum Gasteiger partial charge on any atom is -0.384 e. The van der Waals surface area contributed by atoms with E-state index in [1.807, 2.05) is 31.4 Å². The molecule has 27 heavy (non-hydrogen) atoms. The SMILES string of the molecule is CCc1ccc(-c2nc(-c3c(N)n(CC(C)C)c(=O)n(C)c3=O)cs2)cc1. The molecule has 2 heterocycles. The van der Waals surface area contributed by atoms with Crippen LogP contribution < -0.4 is 17.0 Å². The molecular formula is C20H24N4O2S. The second kappa shape index (κ2) is 7.52. The third kappa shape index (κ3) is 3.60. The Bertz CT molecular complexity index is 1070. The molecule has 0 aliphatic heterocycles. The van der Waals surface area contributed by atoms with Crippen LogP contribution in [0.2, 0.25) is 0 Å². The normalized spacial score (nSPS) is 11.3. The average Bonchev–Trinajstić information content (AvgIpc) is 3.13. The molecule has 6 nitrogen and oxygen atoms in total. The van der Waals surface area contributed by atoms with Crippen LogP contribution >= 0.6 is 11.3 Å². The van der Waals surface area contributed by atoms with Crippen molar-refractivity contribution in [1.82, 2.24) is 14.1 Å². The summed E-state index contributed by atoms with van der Waals surface area (Å²) in [5.41, 5.74) is 8.45. The second-order valence-electron chi connectivity index (χ2n) is 7.00. The van der Waals surface area contributed by atoms with Crippen molar-refractivity contribution in [1.29, 1.82) is 0 Å². The average molecular weight is 385 g/mol. The summed E-state index contributed by atoms with van der Waals surface area (Å²) in [6.45, 7) is 6.55. The van der Waals surface area contributed by atoms with Gasteiger partial charge in [-0.3, -0.25) is 13.9 Å². The predicted octanol–water partition coefficient (Wildman–Crippen LogP) is 3.14. The smallest absolute Gasteiger partial charge is 0.332 e. The monoisotopic (exact) mass is 384 g/mol. The molecule has 7 heteroatoms. The minimum atomic E-state index is -0.421. The first-order valence-electron chi connectivity index (χ1n) is 8.98. The fourth-order valence-corrected chi connectivity index (χ4v) is 3.79. The van der Waals surface area contributed by atoms with E-state index in [9.17, 15) is 9.59 Å². The Morgan fingerprint density at radius 1 is 1.19 bits per heavy atom. The molecule has 0 saturated carbocycles. The van der Waals surface area contributed by atoms with Crippen molar-refractivity contribution in [2.24, 2.45) is 13.0 Å². The topological polar surface area (TPSA) is 82.9 Å². The van der Waals surface area contributed by atoms with Gasteiger partial charge in [-0.2, -0.15) is 0 Å². The maximum absolute atomic E-state index is 12.7. The van der Waals surface area contributed by atoms with E-state index >= 15 is 0 Å². The van der Waals surface area contributed by atoms with E-state index in [2.05, 4.69) is 24.0 Å². The molecule has 2 N–H and O–H groups in total. The molecule has 0 aliphatic rings. The van der Waals surface area contributed by atoms with E-state index in [1.54, 1.807) is 0 Å². The number of hydrogen-bond donors (Lipinski definition) is 1. The van der Waals surface area contributed by atoms with Crippen LogP contribution in [-0.4, -0.2) is 14.1 Å². The summed E-state index contributed by atoms with van der Waals surface area (Å²) in [5, 5.41) is 2.64. The number of rotatable bonds is 5. The van der Waals surface area contributed by atoms with E-state index in [4.69, 9.17) is 5.73 Å². The summed E-state index contributed by atoms with van der Waals surface area (Å²) in [6, 6.07) is 8.21. The second-order valence-corrected chi connectivity index (χ2v) is 7.86. The Balaban J connectivity index is 2.12. The van der Waals surface area contributed by atoms with E-state index in [0.29, 0.717) is 12.2 Å². The number of nitrogens with two attached hydrogens (primary N) is 1. The van der Waals surface area contributed by atoms with Crippen molar-refractivity contribution in [2.45, 2.75) is 33.7 Å². The van der Waals surface area contributed by atoms with Crippen molar-refractivity contribution in [2.75, 3.05) is 5.73 Å². The molecule has 1 aromatic carbocycles. The van der Waals surface area contributed by atoms with E-state index < -0.39 is 11.2 Å². The highest BCUT2D eigenvalue weighted by atomic mass is 32.1. The zero-order valence-electron chi connectivity index (χ0n) is 16.0. The summed E-state index contributed by atoms with van der Waals surface area (Å²) in [6.07, 6.45) is 0.980. The lowest BCUT2D eigenvalue weighted by molar-refractivity contribution is 0.494. The van der Waals surface area contributed by atoms with Crippen molar-refractivity contribution in [3.05, 3.63) is 56.0 Å². The standard InChI is InChI=1S/C20H24N4O2S/c1-5-13-6-8-14(9-7-13)18-22-15(11-27-18)16-17(21)24(10-12(2)3)20(26)23(4)19(16)25/h6-9,11-12H,5,10,21H2,1-4H3. The summed E-state index contributed by atoms with van der Waals surface area (Å²) in [5.74, 6) is 0.397. The van der Waals surface area contributed by atoms with Gasteiger partial charge in [0.1, 0.15) is 16.4 Å². The third-order valence-electron chi connectivity index (χ3n) is 4.50. The Hall–Kier alpha value is -2.67. The molecule has 0 bridgehead atoms. The third-order valence-corrected chi connectivity index (χ3v) is 5.39. The van der Waals surface area contributed by atoms with Gasteiger partial charge >= 0.3 is 5.69 Å². The fourth-order valence-electron chi connectivity index (χ4n) is 2.97. The van der Waals surface area contributed by atoms with Gasteiger partial charge < -0.3 is 5.73 Å². The lowest BCUT2D eigenvalue weighted by atomic mass is 10.1. The summed E-state index contributed by atoms with van der Waals surface area (Å²) in [4.78, 5) is 29.8. The number of nitrogens with zero attached hydrogens (tertiary/aromatic N) is 3. The van der Waals surface area contributed by atoms with E-state index in [-0.39, 0.29) is 17.3 Å². The number of thiazole rings is 1. The van der Waals surface area contributed by atoms with E-state index in [0.717, 1.165) is 21.6 Å². The summed E-state index contributed by atoms with van der Waals surface area (Å²) in [7, 11) is 1.47. The summed E-state index contributed by atoms with van der Waals surface area (Å²) < 4.78 is 2.56. The van der Waals surface area contributed by atoms with Gasteiger partial charge in [0.15, 0.2) is 0 Å². The number of hydrogen-bond acceptors (Lipinski definition) is 5. The largest absolute Gasteiger partial charge is 0.384 e. The van der Waals surface area contributed by atoms with Gasteiger partial charge in [0.05, 0.1) is 5.69 Å². The number of benzene rings is 1. The number of aryl methyl sites for hydroxylation is 1. The van der Waals surface area contributed by atoms with Gasteiger partial charge in [-0.05, 0) is 17.9 Å². The highest BCUT2D eigenvalue weighted by Gasteiger charge is 2.20. The number of aromatic nitrogens is 3. The van der Waals surface area contributed by atoms with Crippen molar-refractivity contribution < 1.29 is 0 Å². The Kier molecular flexibility index (Phi) is 5.32. The van der Waals surface area contributed by atoms with Gasteiger partial charge in [0.25, 0.3) is 5.56 Å². The van der Waals surface area contributed by atoms with Crippen LogP contribution in [0.25, 0.3) is 21.8 Å². The Morgan fingerprint density at radius 2 is 1.85 bits per heavy atom.